The van der Waals surface area contributed by atoms with Crippen molar-refractivity contribution in [2.45, 2.75) is 51.9 Å². The van der Waals surface area contributed by atoms with Gasteiger partial charge in [-0.05, 0) is 69.5 Å². The van der Waals surface area contributed by atoms with Crippen molar-refractivity contribution in [3.63, 3.8) is 0 Å². The predicted molar refractivity (Wildman–Crippen MR) is 118 cm³/mol. The van der Waals surface area contributed by atoms with Crippen molar-refractivity contribution >= 4 is 17.0 Å². The van der Waals surface area contributed by atoms with Crippen LogP contribution in [-0.4, -0.2) is 33.2 Å². The summed E-state index contributed by atoms with van der Waals surface area (Å²) in [4.78, 5) is 5.09. The van der Waals surface area contributed by atoms with Crippen LogP contribution < -0.4 is 0 Å². The molecule has 6 heteroatoms. The number of rotatable bonds is 4. The molecule has 2 heterocycles. The number of hydrogen-bond donors (Lipinski definition) is 2. The summed E-state index contributed by atoms with van der Waals surface area (Å²) in [7, 11) is 0. The van der Waals surface area contributed by atoms with Gasteiger partial charge in [-0.1, -0.05) is 12.2 Å². The Morgan fingerprint density at radius 3 is 2.48 bits per heavy atom. The van der Waals surface area contributed by atoms with E-state index in [-0.39, 0.29) is 23.9 Å². The van der Waals surface area contributed by atoms with Crippen molar-refractivity contribution in [2.24, 2.45) is 0 Å². The Morgan fingerprint density at radius 1 is 1.19 bits per heavy atom. The second-order valence-corrected chi connectivity index (χ2v) is 8.99. The van der Waals surface area contributed by atoms with Crippen LogP contribution in [0.5, 0.6) is 5.75 Å². The maximum Gasteiger partial charge on any atom is 0.131 e. The molecule has 2 aromatic carbocycles. The summed E-state index contributed by atoms with van der Waals surface area (Å²) in [5, 5.41) is 10.8. The molecule has 1 aliphatic heterocycles. The van der Waals surface area contributed by atoms with Gasteiger partial charge in [-0.2, -0.15) is 0 Å². The number of H-pyrrole nitrogens is 1. The van der Waals surface area contributed by atoms with Gasteiger partial charge in [0.05, 0.1) is 6.04 Å². The molecular weight excluding hydrogens is 401 g/mol. The van der Waals surface area contributed by atoms with Gasteiger partial charge in [0.15, 0.2) is 0 Å². The average molecular weight is 428 g/mol. The third-order valence-electron chi connectivity index (χ3n) is 5.89. The van der Waals surface area contributed by atoms with E-state index in [2.05, 4.69) is 4.98 Å². The maximum absolute atomic E-state index is 15.3. The first kappa shape index (κ1) is 21.5. The lowest BCUT2D eigenvalue weighted by atomic mass is 9.87. The maximum atomic E-state index is 15.3. The number of halogens is 3. The summed E-state index contributed by atoms with van der Waals surface area (Å²) >= 11 is 0. The van der Waals surface area contributed by atoms with Crippen LogP contribution in [0.1, 0.15) is 56.1 Å². The topological polar surface area (TPSA) is 39.3 Å². The van der Waals surface area contributed by atoms with Gasteiger partial charge >= 0.3 is 0 Å². The monoisotopic (exact) mass is 428 g/mol. The fourth-order valence-corrected chi connectivity index (χ4v) is 4.70. The SMILES string of the molecule is C/C=C/c1cc(F)c(C2c3[nH]c4cc(O)ccc4c3CC(C)N2CC(C)(C)F)c(F)c1. The van der Waals surface area contributed by atoms with E-state index < -0.39 is 23.3 Å². The Hall–Kier alpha value is -2.73. The minimum Gasteiger partial charge on any atom is -0.508 e. The number of nitrogens with one attached hydrogen (secondary N) is 1. The van der Waals surface area contributed by atoms with Crippen molar-refractivity contribution in [1.82, 2.24) is 9.88 Å². The number of phenolic OH excluding ortho intramolecular Hbond substituents is 1. The zero-order chi connectivity index (χ0) is 22.5. The first-order valence-corrected chi connectivity index (χ1v) is 10.5. The molecule has 0 saturated heterocycles. The minimum atomic E-state index is -1.55. The molecule has 0 radical (unpaired) electrons. The third-order valence-corrected chi connectivity index (χ3v) is 5.89. The number of allylic oxidation sites excluding steroid dienone is 1. The molecule has 2 atom stereocenters. The third kappa shape index (κ3) is 3.97. The molecule has 0 aliphatic carbocycles. The van der Waals surface area contributed by atoms with Crippen LogP contribution in [-0.2, 0) is 6.42 Å². The largest absolute Gasteiger partial charge is 0.508 e. The quantitative estimate of drug-likeness (QED) is 0.514. The highest BCUT2D eigenvalue weighted by molar-refractivity contribution is 5.86. The summed E-state index contributed by atoms with van der Waals surface area (Å²) in [5.41, 5.74) is 1.06. The van der Waals surface area contributed by atoms with Crippen LogP contribution >= 0.6 is 0 Å². The lowest BCUT2D eigenvalue weighted by Crippen LogP contribution is -2.48. The van der Waals surface area contributed by atoms with Crippen LogP contribution in [0, 0.1) is 11.6 Å². The number of benzene rings is 2. The first-order valence-electron chi connectivity index (χ1n) is 10.5. The van der Waals surface area contributed by atoms with Crippen molar-refractivity contribution in [1.29, 1.82) is 0 Å². The van der Waals surface area contributed by atoms with E-state index in [0.717, 1.165) is 10.9 Å². The van der Waals surface area contributed by atoms with Gasteiger partial charge in [0.2, 0.25) is 0 Å². The fraction of sp³-hybridized carbons (Fsp3) is 0.360. The zero-order valence-electron chi connectivity index (χ0n) is 18.1. The van der Waals surface area contributed by atoms with Crippen LogP contribution in [0.2, 0.25) is 0 Å². The van der Waals surface area contributed by atoms with E-state index in [9.17, 15) is 9.50 Å². The number of fused-ring (bicyclic) bond motifs is 3. The summed E-state index contributed by atoms with van der Waals surface area (Å²) in [6.45, 7) is 6.69. The van der Waals surface area contributed by atoms with Gasteiger partial charge in [-0.25, -0.2) is 13.2 Å². The van der Waals surface area contributed by atoms with E-state index in [1.54, 1.807) is 37.3 Å². The Morgan fingerprint density at radius 2 is 1.87 bits per heavy atom. The summed E-state index contributed by atoms with van der Waals surface area (Å²) in [5.74, 6) is -1.23. The molecule has 0 fully saturated rings. The van der Waals surface area contributed by atoms with Crippen LogP contribution in [0.3, 0.4) is 0 Å². The van der Waals surface area contributed by atoms with E-state index in [1.807, 2.05) is 11.8 Å². The van der Waals surface area contributed by atoms with Crippen molar-refractivity contribution < 1.29 is 18.3 Å². The second kappa shape index (κ2) is 7.75. The Balaban J connectivity index is 1.97. The number of aromatic nitrogens is 1. The van der Waals surface area contributed by atoms with Crippen LogP contribution in [0.25, 0.3) is 17.0 Å². The average Bonchev–Trinajstić information content (AvgIpc) is 2.99. The molecule has 31 heavy (non-hydrogen) atoms. The highest BCUT2D eigenvalue weighted by Gasteiger charge is 2.40. The van der Waals surface area contributed by atoms with Crippen molar-refractivity contribution in [3.8, 4) is 5.75 Å². The van der Waals surface area contributed by atoms with Gasteiger partial charge in [-0.15, -0.1) is 0 Å². The molecule has 0 bridgehead atoms. The number of aromatic hydroxyl groups is 1. The normalized spacial score (nSPS) is 20.0. The first-order chi connectivity index (χ1) is 14.6. The molecule has 4 rings (SSSR count). The Bertz CT molecular complexity index is 1140. The fourth-order valence-electron chi connectivity index (χ4n) is 4.70. The standard InChI is InChI=1S/C25H27F3N2O/c1-5-6-15-10-19(26)22(20(27)11-15)24-23-18(9-14(2)30(24)13-25(3,4)28)17-8-7-16(31)12-21(17)29-23/h5-8,10-12,14,24,29,31H,9,13H2,1-4H3/b6-5+. The molecular formula is C25H27F3N2O. The number of phenols is 1. The minimum absolute atomic E-state index is 0.0222. The van der Waals surface area contributed by atoms with Crippen molar-refractivity contribution in [3.05, 3.63) is 70.4 Å². The van der Waals surface area contributed by atoms with E-state index in [0.29, 0.717) is 23.2 Å². The summed E-state index contributed by atoms with van der Waals surface area (Å²) in [6, 6.07) is 6.66. The molecule has 2 unspecified atom stereocenters. The molecule has 0 saturated carbocycles. The van der Waals surface area contributed by atoms with Crippen molar-refractivity contribution in [2.75, 3.05) is 6.54 Å². The molecule has 0 amide bonds. The molecule has 2 N–H and O–H groups in total. The second-order valence-electron chi connectivity index (χ2n) is 8.99. The molecule has 3 nitrogen and oxygen atoms in total. The molecule has 3 aromatic rings. The Kier molecular flexibility index (Phi) is 5.38. The smallest absolute Gasteiger partial charge is 0.131 e. The molecule has 1 aliphatic rings. The molecule has 1 aromatic heterocycles. The van der Waals surface area contributed by atoms with E-state index in [4.69, 9.17) is 0 Å². The van der Waals surface area contributed by atoms with Crippen LogP contribution in [0.4, 0.5) is 13.2 Å². The summed E-state index contributed by atoms with van der Waals surface area (Å²) < 4.78 is 45.4. The number of alkyl halides is 1. The van der Waals surface area contributed by atoms with Gasteiger partial charge in [0.1, 0.15) is 23.1 Å². The number of nitrogens with zero attached hydrogens (tertiary/aromatic N) is 1. The molecule has 164 valence electrons. The zero-order valence-corrected chi connectivity index (χ0v) is 18.1. The highest BCUT2D eigenvalue weighted by Crippen LogP contribution is 2.43. The van der Waals surface area contributed by atoms with E-state index in [1.165, 1.54) is 26.0 Å². The van der Waals surface area contributed by atoms with Gasteiger partial charge in [0, 0.05) is 40.8 Å². The summed E-state index contributed by atoms with van der Waals surface area (Å²) in [6.07, 6.45) is 3.96. The van der Waals surface area contributed by atoms with Gasteiger partial charge < -0.3 is 10.1 Å². The lowest BCUT2D eigenvalue weighted by Gasteiger charge is -2.43. The Labute approximate surface area is 180 Å². The number of hydrogen-bond acceptors (Lipinski definition) is 2. The van der Waals surface area contributed by atoms with Gasteiger partial charge in [0.25, 0.3) is 0 Å². The van der Waals surface area contributed by atoms with E-state index >= 15 is 8.78 Å². The highest BCUT2D eigenvalue weighted by atomic mass is 19.1. The van der Waals surface area contributed by atoms with Crippen LogP contribution in [0.15, 0.2) is 36.4 Å². The molecule has 0 spiro atoms. The number of aromatic amines is 1. The predicted octanol–water partition coefficient (Wildman–Crippen LogP) is 6.27. The lowest BCUT2D eigenvalue weighted by molar-refractivity contribution is 0.0643. The van der Waals surface area contributed by atoms with Gasteiger partial charge in [-0.3, -0.25) is 4.90 Å².